The number of hydrazone groups is 1. The van der Waals surface area contributed by atoms with E-state index in [1.807, 2.05) is 22.9 Å². The van der Waals surface area contributed by atoms with E-state index in [-0.39, 0.29) is 5.91 Å². The zero-order valence-corrected chi connectivity index (χ0v) is 13.2. The minimum Gasteiger partial charge on any atom is -0.286 e. The fraction of sp³-hybridized carbons (Fsp3) is 0.533. The van der Waals surface area contributed by atoms with Gasteiger partial charge in [-0.1, -0.05) is 13.3 Å². The largest absolute Gasteiger partial charge is 0.290 e. The molecule has 0 radical (unpaired) electrons. The van der Waals surface area contributed by atoms with Crippen molar-refractivity contribution in [2.75, 3.05) is 0 Å². The molecule has 0 aromatic carbocycles. The molecule has 112 valence electrons. The second kappa shape index (κ2) is 5.97. The zero-order valence-electron chi connectivity index (χ0n) is 12.4. The van der Waals surface area contributed by atoms with Crippen molar-refractivity contribution in [3.63, 3.8) is 0 Å². The highest BCUT2D eigenvalue weighted by Gasteiger charge is 2.19. The number of nitrogens with zero attached hydrogens (tertiary/aromatic N) is 3. The van der Waals surface area contributed by atoms with Crippen LogP contribution in [0.5, 0.6) is 0 Å². The van der Waals surface area contributed by atoms with E-state index in [2.05, 4.69) is 22.4 Å². The van der Waals surface area contributed by atoms with Gasteiger partial charge in [0.25, 0.3) is 5.91 Å². The normalized spacial score (nSPS) is 19.0. The Morgan fingerprint density at radius 3 is 3.00 bits per heavy atom. The molecular weight excluding hydrogens is 284 g/mol. The number of hydrogen-bond donors (Lipinski definition) is 1. The number of hydrogen-bond acceptors (Lipinski definition) is 4. The average molecular weight is 304 g/mol. The Hall–Kier alpha value is -1.69. The van der Waals surface area contributed by atoms with Gasteiger partial charge in [-0.2, -0.15) is 5.10 Å². The molecule has 3 rings (SSSR count). The first kappa shape index (κ1) is 14.3. The van der Waals surface area contributed by atoms with E-state index in [0.717, 1.165) is 35.1 Å². The van der Waals surface area contributed by atoms with Gasteiger partial charge in [-0.15, -0.1) is 11.3 Å². The minimum absolute atomic E-state index is 0.177. The highest BCUT2D eigenvalue weighted by Crippen LogP contribution is 2.24. The number of aryl methyl sites for hydroxylation is 1. The fourth-order valence-corrected chi connectivity index (χ4v) is 3.64. The van der Waals surface area contributed by atoms with E-state index in [1.54, 1.807) is 0 Å². The summed E-state index contributed by atoms with van der Waals surface area (Å²) in [5.74, 6) is 0.644. The highest BCUT2D eigenvalue weighted by molar-refractivity contribution is 7.15. The van der Waals surface area contributed by atoms with Crippen LogP contribution in [0.25, 0.3) is 4.96 Å². The number of nitrogens with one attached hydrogen (secondary N) is 1. The first-order valence-corrected chi connectivity index (χ1v) is 8.35. The Labute approximate surface area is 128 Å². The molecule has 0 spiro atoms. The number of imidazole rings is 1. The second-order valence-corrected chi connectivity index (χ2v) is 6.45. The van der Waals surface area contributed by atoms with E-state index >= 15 is 0 Å². The molecule has 1 aliphatic rings. The van der Waals surface area contributed by atoms with Gasteiger partial charge in [0.2, 0.25) is 0 Å². The molecule has 0 unspecified atom stereocenters. The van der Waals surface area contributed by atoms with Crippen LogP contribution < -0.4 is 5.43 Å². The lowest BCUT2D eigenvalue weighted by Gasteiger charge is -2.21. The molecule has 0 aliphatic heterocycles. The number of thiazole rings is 1. The van der Waals surface area contributed by atoms with Crippen LogP contribution >= 0.6 is 11.3 Å². The number of carbonyl (C=O) groups excluding carboxylic acids is 1. The lowest BCUT2D eigenvalue weighted by molar-refractivity contribution is 0.0948. The maximum Gasteiger partial charge on any atom is 0.290 e. The van der Waals surface area contributed by atoms with E-state index in [9.17, 15) is 4.79 Å². The number of aromatic nitrogens is 2. The molecule has 2 aromatic rings. The van der Waals surface area contributed by atoms with Crippen molar-refractivity contribution in [3.05, 3.63) is 23.0 Å². The quantitative estimate of drug-likeness (QED) is 0.884. The number of amides is 1. The van der Waals surface area contributed by atoms with Gasteiger partial charge in [-0.3, -0.25) is 9.20 Å². The molecule has 1 fully saturated rings. The summed E-state index contributed by atoms with van der Waals surface area (Å²) in [4.78, 5) is 17.6. The third-order valence-corrected chi connectivity index (χ3v) is 4.98. The van der Waals surface area contributed by atoms with E-state index in [1.165, 1.54) is 30.6 Å². The molecule has 0 saturated heterocycles. The van der Waals surface area contributed by atoms with Crippen molar-refractivity contribution in [1.82, 2.24) is 14.8 Å². The third kappa shape index (κ3) is 2.85. The van der Waals surface area contributed by atoms with Crippen molar-refractivity contribution in [2.45, 2.75) is 46.0 Å². The van der Waals surface area contributed by atoms with Crippen LogP contribution in [0.4, 0.5) is 0 Å². The minimum atomic E-state index is -0.177. The SMILES string of the molecule is CCC1CCC(=NNC(=O)c2c(C)nc3sccn23)CC1. The zero-order chi connectivity index (χ0) is 14.8. The summed E-state index contributed by atoms with van der Waals surface area (Å²) >= 11 is 1.52. The summed E-state index contributed by atoms with van der Waals surface area (Å²) < 4.78 is 1.82. The van der Waals surface area contributed by atoms with Gasteiger partial charge in [0.1, 0.15) is 5.69 Å². The Balaban J connectivity index is 1.69. The summed E-state index contributed by atoms with van der Waals surface area (Å²) in [5.41, 5.74) is 5.14. The topological polar surface area (TPSA) is 58.8 Å². The van der Waals surface area contributed by atoms with Crippen molar-refractivity contribution in [1.29, 1.82) is 0 Å². The molecule has 1 aliphatic carbocycles. The lowest BCUT2D eigenvalue weighted by atomic mass is 9.86. The van der Waals surface area contributed by atoms with E-state index in [0.29, 0.717) is 5.69 Å². The first-order chi connectivity index (χ1) is 10.2. The molecule has 2 heterocycles. The Kier molecular flexibility index (Phi) is 4.05. The maximum atomic E-state index is 12.3. The van der Waals surface area contributed by atoms with Gasteiger partial charge in [0.15, 0.2) is 4.96 Å². The molecule has 6 heteroatoms. The van der Waals surface area contributed by atoms with Crippen LogP contribution in [0.3, 0.4) is 0 Å². The summed E-state index contributed by atoms with van der Waals surface area (Å²) in [6, 6.07) is 0. The van der Waals surface area contributed by atoms with Gasteiger partial charge in [0, 0.05) is 17.3 Å². The van der Waals surface area contributed by atoms with Crippen LogP contribution in [0, 0.1) is 12.8 Å². The highest BCUT2D eigenvalue weighted by atomic mass is 32.1. The van der Waals surface area contributed by atoms with Gasteiger partial charge >= 0.3 is 0 Å². The van der Waals surface area contributed by atoms with Crippen LogP contribution in [0.1, 0.15) is 55.2 Å². The summed E-state index contributed by atoms with van der Waals surface area (Å²) in [6.07, 6.45) is 7.48. The van der Waals surface area contributed by atoms with Gasteiger partial charge in [0.05, 0.1) is 5.69 Å². The fourth-order valence-electron chi connectivity index (χ4n) is 2.88. The molecule has 1 saturated carbocycles. The first-order valence-electron chi connectivity index (χ1n) is 7.47. The molecule has 2 aromatic heterocycles. The van der Waals surface area contributed by atoms with Crippen LogP contribution in [-0.2, 0) is 0 Å². The molecule has 0 atom stereocenters. The molecule has 1 N–H and O–H groups in total. The van der Waals surface area contributed by atoms with Gasteiger partial charge in [-0.25, -0.2) is 10.4 Å². The van der Waals surface area contributed by atoms with Crippen LogP contribution in [0.2, 0.25) is 0 Å². The predicted molar refractivity (Wildman–Crippen MR) is 85.0 cm³/mol. The number of fused-ring (bicyclic) bond motifs is 1. The predicted octanol–water partition coefficient (Wildman–Crippen LogP) is 3.39. The smallest absolute Gasteiger partial charge is 0.286 e. The number of carbonyl (C=O) groups is 1. The van der Waals surface area contributed by atoms with Crippen molar-refractivity contribution < 1.29 is 4.79 Å². The van der Waals surface area contributed by atoms with Gasteiger partial charge in [-0.05, 0) is 38.5 Å². The monoisotopic (exact) mass is 304 g/mol. The molecule has 21 heavy (non-hydrogen) atoms. The summed E-state index contributed by atoms with van der Waals surface area (Å²) in [5, 5.41) is 6.25. The maximum absolute atomic E-state index is 12.3. The van der Waals surface area contributed by atoms with Crippen molar-refractivity contribution in [3.8, 4) is 0 Å². The van der Waals surface area contributed by atoms with Crippen LogP contribution in [-0.4, -0.2) is 21.0 Å². The van der Waals surface area contributed by atoms with E-state index in [4.69, 9.17) is 0 Å². The second-order valence-electron chi connectivity index (χ2n) is 5.57. The van der Waals surface area contributed by atoms with Gasteiger partial charge < -0.3 is 0 Å². The van der Waals surface area contributed by atoms with E-state index < -0.39 is 0 Å². The molecular formula is C15H20N4OS. The van der Waals surface area contributed by atoms with Crippen molar-refractivity contribution >= 4 is 27.9 Å². The molecule has 1 amide bonds. The third-order valence-electron chi connectivity index (χ3n) is 4.23. The van der Waals surface area contributed by atoms with Crippen molar-refractivity contribution in [2.24, 2.45) is 11.0 Å². The lowest BCUT2D eigenvalue weighted by Crippen LogP contribution is -2.23. The molecule has 0 bridgehead atoms. The standard InChI is InChI=1S/C15H20N4OS/c1-3-11-4-6-12(7-5-11)17-18-14(20)13-10(2)16-15-19(13)8-9-21-15/h8-9,11H,3-7H2,1-2H3,(H,18,20). The Morgan fingerprint density at radius 1 is 1.52 bits per heavy atom. The Bertz CT molecular complexity index is 675. The van der Waals surface area contributed by atoms with Crippen LogP contribution in [0.15, 0.2) is 16.7 Å². The summed E-state index contributed by atoms with van der Waals surface area (Å²) in [6.45, 7) is 4.09. The average Bonchev–Trinajstić information content (AvgIpc) is 3.05. The molecule has 5 nitrogen and oxygen atoms in total. The Morgan fingerprint density at radius 2 is 2.29 bits per heavy atom. The summed E-state index contributed by atoms with van der Waals surface area (Å²) in [7, 11) is 0. The number of rotatable bonds is 3.